The number of hydrogen-bond donors (Lipinski definition) is 3. The highest BCUT2D eigenvalue weighted by molar-refractivity contribution is 7.92. The van der Waals surface area contributed by atoms with Crippen molar-refractivity contribution in [2.45, 2.75) is 49.2 Å². The second-order valence-electron chi connectivity index (χ2n) is 7.96. The van der Waals surface area contributed by atoms with E-state index in [1.54, 1.807) is 0 Å². The molecule has 0 radical (unpaired) electrons. The van der Waals surface area contributed by atoms with Crippen molar-refractivity contribution in [3.63, 3.8) is 0 Å². The van der Waals surface area contributed by atoms with Gasteiger partial charge in [-0.1, -0.05) is 6.42 Å². The summed E-state index contributed by atoms with van der Waals surface area (Å²) in [6.07, 6.45) is 6.85. The van der Waals surface area contributed by atoms with E-state index in [1.165, 1.54) is 25.7 Å². The van der Waals surface area contributed by atoms with E-state index in [9.17, 15) is 13.2 Å². The van der Waals surface area contributed by atoms with Crippen molar-refractivity contribution in [1.29, 1.82) is 0 Å². The predicted molar refractivity (Wildman–Crippen MR) is 95.1 cm³/mol. The molecular weight excluding hydrogens is 340 g/mol. The number of sulfone groups is 1. The van der Waals surface area contributed by atoms with Gasteiger partial charge in [0.2, 0.25) is 5.91 Å². The first-order valence-electron chi connectivity index (χ1n) is 9.16. The molecule has 1 aromatic rings. The molecule has 7 nitrogen and oxygen atoms in total. The number of amides is 1. The molecule has 1 aliphatic heterocycles. The van der Waals surface area contributed by atoms with Gasteiger partial charge in [0.15, 0.2) is 20.4 Å². The van der Waals surface area contributed by atoms with E-state index in [4.69, 9.17) is 0 Å². The Morgan fingerprint density at radius 1 is 1.28 bits per heavy atom. The van der Waals surface area contributed by atoms with Gasteiger partial charge in [0.1, 0.15) is 0 Å². The Morgan fingerprint density at radius 3 is 2.64 bits per heavy atom. The first-order valence-corrected chi connectivity index (χ1v) is 11.1. The molecule has 1 aromatic heterocycles. The van der Waals surface area contributed by atoms with Crippen LogP contribution in [-0.2, 0) is 14.6 Å². The van der Waals surface area contributed by atoms with Crippen LogP contribution < -0.4 is 10.6 Å². The lowest BCUT2D eigenvalue weighted by atomic mass is 9.86. The molecule has 3 aliphatic rings. The smallest absolute Gasteiger partial charge is 0.247 e. The maximum Gasteiger partial charge on any atom is 0.247 e. The minimum Gasteiger partial charge on any atom is -0.317 e. The molecule has 25 heavy (non-hydrogen) atoms. The quantitative estimate of drug-likeness (QED) is 0.748. The Bertz CT molecular complexity index is 767. The minimum atomic E-state index is -3.51. The zero-order valence-corrected chi connectivity index (χ0v) is 15.4. The van der Waals surface area contributed by atoms with Crippen molar-refractivity contribution in [1.82, 2.24) is 15.5 Å². The first-order chi connectivity index (χ1) is 11.9. The van der Waals surface area contributed by atoms with E-state index >= 15 is 0 Å². The molecule has 1 amide bonds. The fraction of sp³-hybridized carbons (Fsp3) is 0.765. The van der Waals surface area contributed by atoms with Crippen molar-refractivity contribution in [2.24, 2.45) is 11.8 Å². The highest BCUT2D eigenvalue weighted by atomic mass is 32.2. The number of carbonyl (C=O) groups is 1. The molecule has 2 heterocycles. The number of anilines is 1. The summed E-state index contributed by atoms with van der Waals surface area (Å²) in [7, 11) is -3.51. The zero-order valence-electron chi connectivity index (χ0n) is 14.5. The molecule has 138 valence electrons. The number of H-pyrrole nitrogens is 1. The lowest BCUT2D eigenvalue weighted by Crippen LogP contribution is -2.55. The van der Waals surface area contributed by atoms with Gasteiger partial charge in [-0.15, -0.1) is 0 Å². The molecule has 1 saturated heterocycles. The van der Waals surface area contributed by atoms with Crippen LogP contribution in [0.25, 0.3) is 0 Å². The maximum atomic E-state index is 12.8. The van der Waals surface area contributed by atoms with E-state index in [-0.39, 0.29) is 0 Å². The third-order valence-electron chi connectivity index (χ3n) is 6.51. The van der Waals surface area contributed by atoms with Gasteiger partial charge in [-0.3, -0.25) is 9.89 Å². The fourth-order valence-corrected chi connectivity index (χ4v) is 6.38. The van der Waals surface area contributed by atoms with E-state index in [0.29, 0.717) is 37.7 Å². The summed E-state index contributed by atoms with van der Waals surface area (Å²) in [5.41, 5.74) is 1.07. The highest BCUT2D eigenvalue weighted by Crippen LogP contribution is 2.52. The Morgan fingerprint density at radius 2 is 2.04 bits per heavy atom. The standard InChI is InChI=1S/C17H26N4O3S/c1-25(23,24)17(4-6-18-7-5-17)16(22)19-15-10-14(20-21-15)13-9-11-2-3-12(13)8-11/h10-13,18H,2-9H2,1H3,(H2,19,20,21,22). The Hall–Kier alpha value is -1.41. The molecule has 3 atom stereocenters. The largest absolute Gasteiger partial charge is 0.317 e. The maximum absolute atomic E-state index is 12.8. The van der Waals surface area contributed by atoms with Crippen molar-refractivity contribution < 1.29 is 13.2 Å². The third-order valence-corrected chi connectivity index (χ3v) is 8.52. The monoisotopic (exact) mass is 366 g/mol. The number of nitrogens with one attached hydrogen (secondary N) is 3. The fourth-order valence-electron chi connectivity index (χ4n) is 5.04. The van der Waals surface area contributed by atoms with Crippen LogP contribution in [0.5, 0.6) is 0 Å². The summed E-state index contributed by atoms with van der Waals surface area (Å²) in [5, 5.41) is 13.2. The first kappa shape index (κ1) is 17.0. The van der Waals surface area contributed by atoms with Crippen LogP contribution in [0, 0.1) is 11.8 Å². The molecule has 2 aliphatic carbocycles. The second kappa shape index (κ2) is 6.09. The van der Waals surface area contributed by atoms with Crippen LogP contribution in [0.4, 0.5) is 5.82 Å². The summed E-state index contributed by atoms with van der Waals surface area (Å²) < 4.78 is 23.3. The molecule has 3 unspecified atom stereocenters. The lowest BCUT2D eigenvalue weighted by Gasteiger charge is -2.34. The van der Waals surface area contributed by atoms with Crippen LogP contribution in [-0.4, -0.2) is 48.6 Å². The molecule has 0 aromatic carbocycles. The molecule has 3 N–H and O–H groups in total. The average molecular weight is 366 g/mol. The summed E-state index contributed by atoms with van der Waals surface area (Å²) >= 11 is 0. The van der Waals surface area contributed by atoms with Gasteiger partial charge in [0.25, 0.3) is 0 Å². The number of hydrogen-bond acceptors (Lipinski definition) is 5. The van der Waals surface area contributed by atoms with Crippen LogP contribution in [0.15, 0.2) is 6.07 Å². The summed E-state index contributed by atoms with van der Waals surface area (Å²) in [6, 6.07) is 1.89. The van der Waals surface area contributed by atoms with E-state index in [1.807, 2.05) is 6.07 Å². The Balaban J connectivity index is 1.51. The number of aromatic amines is 1. The topological polar surface area (TPSA) is 104 Å². The van der Waals surface area contributed by atoms with Crippen LogP contribution in [0.2, 0.25) is 0 Å². The molecule has 2 saturated carbocycles. The predicted octanol–water partition coefficient (Wildman–Crippen LogP) is 1.42. The van der Waals surface area contributed by atoms with E-state index < -0.39 is 20.5 Å². The Kier molecular flexibility index (Phi) is 4.15. The number of fused-ring (bicyclic) bond motifs is 2. The van der Waals surface area contributed by atoms with Crippen molar-refractivity contribution in [2.75, 3.05) is 24.7 Å². The normalized spacial score (nSPS) is 31.2. The molecule has 2 bridgehead atoms. The van der Waals surface area contributed by atoms with E-state index in [2.05, 4.69) is 20.8 Å². The second-order valence-corrected chi connectivity index (χ2v) is 10.3. The highest BCUT2D eigenvalue weighted by Gasteiger charge is 2.49. The zero-order chi connectivity index (χ0) is 17.7. The van der Waals surface area contributed by atoms with Crippen molar-refractivity contribution >= 4 is 21.6 Å². The van der Waals surface area contributed by atoms with Gasteiger partial charge >= 0.3 is 0 Å². The van der Waals surface area contributed by atoms with Crippen LogP contribution in [0.3, 0.4) is 0 Å². The number of aromatic nitrogens is 2. The van der Waals surface area contributed by atoms with Gasteiger partial charge in [0.05, 0.1) is 0 Å². The van der Waals surface area contributed by atoms with Gasteiger partial charge in [-0.05, 0) is 57.0 Å². The number of piperidine rings is 1. The average Bonchev–Trinajstić information content (AvgIpc) is 3.30. The van der Waals surface area contributed by atoms with E-state index in [0.717, 1.165) is 23.8 Å². The van der Waals surface area contributed by atoms with Gasteiger partial charge in [-0.25, -0.2) is 8.42 Å². The molecule has 3 fully saturated rings. The van der Waals surface area contributed by atoms with Gasteiger partial charge in [0, 0.05) is 23.9 Å². The number of rotatable bonds is 4. The molecule has 0 spiro atoms. The summed E-state index contributed by atoms with van der Waals surface area (Å²) in [4.78, 5) is 12.8. The molecular formula is C17H26N4O3S. The number of carbonyl (C=O) groups excluding carboxylic acids is 1. The molecule has 4 rings (SSSR count). The van der Waals surface area contributed by atoms with Gasteiger partial charge in [-0.2, -0.15) is 5.10 Å². The number of nitrogens with zero attached hydrogens (tertiary/aromatic N) is 1. The minimum absolute atomic E-state index is 0.293. The lowest BCUT2D eigenvalue weighted by molar-refractivity contribution is -0.119. The Labute approximate surface area is 148 Å². The van der Waals surface area contributed by atoms with Gasteiger partial charge < -0.3 is 10.6 Å². The van der Waals surface area contributed by atoms with Crippen molar-refractivity contribution in [3.8, 4) is 0 Å². The van der Waals surface area contributed by atoms with Crippen molar-refractivity contribution in [3.05, 3.63) is 11.8 Å². The summed E-state index contributed by atoms with van der Waals surface area (Å²) in [6.45, 7) is 1.05. The SMILES string of the molecule is CS(=O)(=O)C1(C(=O)Nc2cc(C3CC4CCC3C4)[nH]n2)CCNCC1. The summed E-state index contributed by atoms with van der Waals surface area (Å²) in [5.74, 6) is 2.03. The molecule has 8 heteroatoms. The van der Waals surface area contributed by atoms with Crippen LogP contribution in [0.1, 0.15) is 50.1 Å². The van der Waals surface area contributed by atoms with Crippen LogP contribution >= 0.6 is 0 Å². The third kappa shape index (κ3) is 2.89.